The Kier molecular flexibility index (Phi) is 6.67. The van der Waals surface area contributed by atoms with Gasteiger partial charge in [0, 0.05) is 6.42 Å². The number of hydrogen-bond donors (Lipinski definition) is 1. The first kappa shape index (κ1) is 14.0. The summed E-state index contributed by atoms with van der Waals surface area (Å²) in [5.41, 5.74) is 0. The maximum Gasteiger partial charge on any atom is 0.325 e. The van der Waals surface area contributed by atoms with E-state index in [4.69, 9.17) is 4.74 Å². The molecular formula is C13H23NO3. The Hall–Kier alpha value is -1.06. The van der Waals surface area contributed by atoms with Crippen molar-refractivity contribution in [1.29, 1.82) is 0 Å². The Morgan fingerprint density at radius 1 is 1.24 bits per heavy atom. The van der Waals surface area contributed by atoms with Crippen molar-refractivity contribution in [2.75, 3.05) is 13.2 Å². The molecule has 0 bridgehead atoms. The zero-order valence-electron chi connectivity index (χ0n) is 10.7. The van der Waals surface area contributed by atoms with Crippen LogP contribution in [0.25, 0.3) is 0 Å². The third kappa shape index (κ3) is 6.29. The van der Waals surface area contributed by atoms with Gasteiger partial charge in [0.1, 0.15) is 6.54 Å². The lowest BCUT2D eigenvalue weighted by molar-refractivity contribution is -0.143. The van der Waals surface area contributed by atoms with Crippen LogP contribution in [0.15, 0.2) is 0 Å². The van der Waals surface area contributed by atoms with Gasteiger partial charge < -0.3 is 10.1 Å². The monoisotopic (exact) mass is 241 g/mol. The number of rotatable bonds is 6. The second-order valence-electron chi connectivity index (χ2n) is 4.62. The van der Waals surface area contributed by atoms with Gasteiger partial charge in [-0.2, -0.15) is 0 Å². The molecular weight excluding hydrogens is 218 g/mol. The predicted octanol–water partition coefficient (Wildman–Crippen LogP) is 2.03. The Bertz CT molecular complexity index is 247. The van der Waals surface area contributed by atoms with Crippen molar-refractivity contribution in [3.63, 3.8) is 0 Å². The summed E-state index contributed by atoms with van der Waals surface area (Å²) in [6, 6.07) is 0. The molecule has 0 spiro atoms. The van der Waals surface area contributed by atoms with Gasteiger partial charge in [-0.15, -0.1) is 0 Å². The molecule has 0 aromatic carbocycles. The third-order valence-electron chi connectivity index (χ3n) is 3.24. The molecule has 0 aromatic rings. The Labute approximate surface area is 103 Å². The maximum atomic E-state index is 11.5. The van der Waals surface area contributed by atoms with Crippen LogP contribution in [-0.4, -0.2) is 25.0 Å². The van der Waals surface area contributed by atoms with Gasteiger partial charge in [-0.3, -0.25) is 9.59 Å². The molecule has 0 aliphatic heterocycles. The van der Waals surface area contributed by atoms with Crippen molar-refractivity contribution in [1.82, 2.24) is 5.32 Å². The van der Waals surface area contributed by atoms with Crippen LogP contribution < -0.4 is 5.32 Å². The SMILES string of the molecule is CCOC(=O)CNC(=O)CCC1CCCCC1. The first-order valence-electron chi connectivity index (χ1n) is 6.64. The second kappa shape index (κ2) is 8.09. The van der Waals surface area contributed by atoms with Gasteiger partial charge in [-0.05, 0) is 19.3 Å². The van der Waals surface area contributed by atoms with Crippen LogP contribution in [0.3, 0.4) is 0 Å². The molecule has 1 saturated carbocycles. The fourth-order valence-electron chi connectivity index (χ4n) is 2.28. The van der Waals surface area contributed by atoms with Crippen LogP contribution in [0.4, 0.5) is 0 Å². The Morgan fingerprint density at radius 3 is 2.59 bits per heavy atom. The van der Waals surface area contributed by atoms with E-state index in [0.29, 0.717) is 18.9 Å². The van der Waals surface area contributed by atoms with Crippen LogP contribution in [0.1, 0.15) is 51.9 Å². The highest BCUT2D eigenvalue weighted by Gasteiger charge is 2.15. The van der Waals surface area contributed by atoms with Gasteiger partial charge in [0.2, 0.25) is 5.91 Å². The third-order valence-corrected chi connectivity index (χ3v) is 3.24. The van der Waals surface area contributed by atoms with E-state index < -0.39 is 0 Å². The number of carbonyl (C=O) groups is 2. The molecule has 4 heteroatoms. The average Bonchev–Trinajstić information content (AvgIpc) is 2.35. The van der Waals surface area contributed by atoms with Crippen LogP contribution in [-0.2, 0) is 14.3 Å². The molecule has 1 rings (SSSR count). The number of hydrogen-bond acceptors (Lipinski definition) is 3. The molecule has 0 saturated heterocycles. The highest BCUT2D eigenvalue weighted by atomic mass is 16.5. The molecule has 0 heterocycles. The van der Waals surface area contributed by atoms with E-state index in [1.54, 1.807) is 6.92 Å². The van der Waals surface area contributed by atoms with E-state index in [1.165, 1.54) is 32.1 Å². The summed E-state index contributed by atoms with van der Waals surface area (Å²) in [5, 5.41) is 2.59. The quantitative estimate of drug-likeness (QED) is 0.724. The molecule has 1 fully saturated rings. The molecule has 0 radical (unpaired) electrons. The van der Waals surface area contributed by atoms with Crippen LogP contribution in [0.5, 0.6) is 0 Å². The molecule has 0 atom stereocenters. The summed E-state index contributed by atoms with van der Waals surface area (Å²) >= 11 is 0. The largest absolute Gasteiger partial charge is 0.465 e. The smallest absolute Gasteiger partial charge is 0.325 e. The van der Waals surface area contributed by atoms with E-state index in [1.807, 2.05) is 0 Å². The highest BCUT2D eigenvalue weighted by Crippen LogP contribution is 2.27. The first-order valence-corrected chi connectivity index (χ1v) is 6.64. The summed E-state index contributed by atoms with van der Waals surface area (Å²) in [7, 11) is 0. The Balaban J connectivity index is 2.06. The fourth-order valence-corrected chi connectivity index (χ4v) is 2.28. The van der Waals surface area contributed by atoms with Gasteiger partial charge in [-0.25, -0.2) is 0 Å². The van der Waals surface area contributed by atoms with E-state index in [9.17, 15) is 9.59 Å². The van der Waals surface area contributed by atoms with Gasteiger partial charge >= 0.3 is 5.97 Å². The zero-order valence-corrected chi connectivity index (χ0v) is 10.7. The molecule has 1 aliphatic carbocycles. The van der Waals surface area contributed by atoms with E-state index in [0.717, 1.165) is 6.42 Å². The average molecular weight is 241 g/mol. The normalized spacial score (nSPS) is 16.5. The van der Waals surface area contributed by atoms with Crippen molar-refractivity contribution < 1.29 is 14.3 Å². The van der Waals surface area contributed by atoms with Gasteiger partial charge in [0.05, 0.1) is 6.61 Å². The van der Waals surface area contributed by atoms with Crippen molar-refractivity contribution in [2.24, 2.45) is 5.92 Å². The number of ether oxygens (including phenoxy) is 1. The van der Waals surface area contributed by atoms with Crippen LogP contribution >= 0.6 is 0 Å². The Morgan fingerprint density at radius 2 is 1.94 bits per heavy atom. The zero-order chi connectivity index (χ0) is 12.5. The molecule has 1 aliphatic rings. The lowest BCUT2D eigenvalue weighted by Crippen LogP contribution is -2.30. The van der Waals surface area contributed by atoms with Gasteiger partial charge in [0.15, 0.2) is 0 Å². The summed E-state index contributed by atoms with van der Waals surface area (Å²) in [5.74, 6) is 0.305. The minimum absolute atomic E-state index is 0.00264. The van der Waals surface area contributed by atoms with E-state index in [-0.39, 0.29) is 18.4 Å². The predicted molar refractivity (Wildman–Crippen MR) is 65.5 cm³/mol. The van der Waals surface area contributed by atoms with Crippen molar-refractivity contribution in [2.45, 2.75) is 51.9 Å². The van der Waals surface area contributed by atoms with Gasteiger partial charge in [0.25, 0.3) is 0 Å². The summed E-state index contributed by atoms with van der Waals surface area (Å²) in [6.07, 6.45) is 7.94. The fraction of sp³-hybridized carbons (Fsp3) is 0.846. The first-order chi connectivity index (χ1) is 8.22. The molecule has 4 nitrogen and oxygen atoms in total. The lowest BCUT2D eigenvalue weighted by Gasteiger charge is -2.20. The van der Waals surface area contributed by atoms with Crippen molar-refractivity contribution in [3.8, 4) is 0 Å². The molecule has 1 amide bonds. The number of carbonyl (C=O) groups excluding carboxylic acids is 2. The summed E-state index contributed by atoms with van der Waals surface area (Å²) in [6.45, 7) is 2.11. The highest BCUT2D eigenvalue weighted by molar-refractivity contribution is 5.81. The molecule has 1 N–H and O–H groups in total. The second-order valence-corrected chi connectivity index (χ2v) is 4.62. The van der Waals surface area contributed by atoms with E-state index in [2.05, 4.69) is 5.32 Å². The van der Waals surface area contributed by atoms with Gasteiger partial charge in [-0.1, -0.05) is 32.1 Å². The number of nitrogens with one attached hydrogen (secondary N) is 1. The van der Waals surface area contributed by atoms with Crippen molar-refractivity contribution >= 4 is 11.9 Å². The molecule has 0 aromatic heterocycles. The number of amides is 1. The maximum absolute atomic E-state index is 11.5. The van der Waals surface area contributed by atoms with Crippen LogP contribution in [0, 0.1) is 5.92 Å². The lowest BCUT2D eigenvalue weighted by atomic mass is 9.86. The number of esters is 1. The van der Waals surface area contributed by atoms with Crippen molar-refractivity contribution in [3.05, 3.63) is 0 Å². The summed E-state index contributed by atoms with van der Waals surface area (Å²) in [4.78, 5) is 22.5. The minimum Gasteiger partial charge on any atom is -0.465 e. The standard InChI is InChI=1S/C13H23NO3/c1-2-17-13(16)10-14-12(15)9-8-11-6-4-3-5-7-11/h11H,2-10H2,1H3,(H,14,15). The molecule has 17 heavy (non-hydrogen) atoms. The minimum atomic E-state index is -0.362. The molecule has 0 unspecified atom stereocenters. The topological polar surface area (TPSA) is 55.4 Å². The van der Waals surface area contributed by atoms with Crippen LogP contribution in [0.2, 0.25) is 0 Å². The molecule has 98 valence electrons. The van der Waals surface area contributed by atoms with E-state index >= 15 is 0 Å². The summed E-state index contributed by atoms with van der Waals surface area (Å²) < 4.78 is 4.73.